The van der Waals surface area contributed by atoms with Gasteiger partial charge in [0.05, 0.1) is 0 Å². The third-order valence-electron chi connectivity index (χ3n) is 2.77. The zero-order valence-corrected chi connectivity index (χ0v) is 8.97. The van der Waals surface area contributed by atoms with Crippen LogP contribution in [0.3, 0.4) is 0 Å². The summed E-state index contributed by atoms with van der Waals surface area (Å²) in [5, 5.41) is 15.5. The van der Waals surface area contributed by atoms with Gasteiger partial charge in [0.1, 0.15) is 6.04 Å². The Morgan fingerprint density at radius 3 is 2.86 bits per heavy atom. The van der Waals surface area contributed by atoms with E-state index >= 15 is 0 Å². The molecule has 1 aliphatic rings. The van der Waals surface area contributed by atoms with E-state index in [1.807, 2.05) is 6.92 Å². The van der Waals surface area contributed by atoms with Crippen LogP contribution in [0.5, 0.6) is 0 Å². The molecule has 0 radical (unpaired) electrons. The van der Waals surface area contributed by atoms with E-state index in [4.69, 9.17) is 5.11 Å². The summed E-state index contributed by atoms with van der Waals surface area (Å²) in [7, 11) is 0. The first kappa shape index (κ1) is 11.5. The van der Waals surface area contributed by atoms with Gasteiger partial charge >= 0.3 is 5.97 Å². The highest BCUT2D eigenvalue weighted by Crippen LogP contribution is 2.15. The predicted molar refractivity (Wildman–Crippen MR) is 55.4 cm³/mol. The van der Waals surface area contributed by atoms with Gasteiger partial charge in [0.15, 0.2) is 0 Å². The molecule has 0 aromatic heterocycles. The Hall–Kier alpha value is -0.610. The number of rotatable bonds is 5. The third kappa shape index (κ3) is 2.96. The molecule has 0 aromatic carbocycles. The second-order valence-electron chi connectivity index (χ2n) is 4.31. The van der Waals surface area contributed by atoms with E-state index in [1.54, 1.807) is 0 Å². The standard InChI is InChI=1S/C10H20N2O2/c1-3-4-8(9(13)14)12-10(2)5-6-11-7-10/h8,11-12H,3-7H2,1-2H3,(H,13,14). The summed E-state index contributed by atoms with van der Waals surface area (Å²) < 4.78 is 0. The average Bonchev–Trinajstić information content (AvgIpc) is 2.51. The van der Waals surface area contributed by atoms with Crippen LogP contribution in [0.25, 0.3) is 0 Å². The lowest BCUT2D eigenvalue weighted by atomic mass is 9.99. The Morgan fingerprint density at radius 1 is 1.71 bits per heavy atom. The highest BCUT2D eigenvalue weighted by atomic mass is 16.4. The minimum absolute atomic E-state index is 0.0434. The molecule has 1 heterocycles. The number of carboxylic acids is 1. The van der Waals surface area contributed by atoms with Crippen LogP contribution in [-0.2, 0) is 4.79 Å². The molecule has 1 aliphatic heterocycles. The van der Waals surface area contributed by atoms with Crippen molar-refractivity contribution < 1.29 is 9.90 Å². The van der Waals surface area contributed by atoms with E-state index < -0.39 is 12.0 Å². The van der Waals surface area contributed by atoms with Crippen molar-refractivity contribution in [2.45, 2.75) is 44.7 Å². The highest BCUT2D eigenvalue weighted by Gasteiger charge is 2.32. The zero-order chi connectivity index (χ0) is 10.6. The molecule has 82 valence electrons. The molecule has 0 aromatic rings. The van der Waals surface area contributed by atoms with Crippen LogP contribution in [0.1, 0.15) is 33.1 Å². The number of carbonyl (C=O) groups is 1. The summed E-state index contributed by atoms with van der Waals surface area (Å²) in [6, 6.07) is -0.398. The molecule has 0 amide bonds. The quantitative estimate of drug-likeness (QED) is 0.607. The molecule has 0 bridgehead atoms. The summed E-state index contributed by atoms with van der Waals surface area (Å²) >= 11 is 0. The first-order valence-electron chi connectivity index (χ1n) is 5.28. The summed E-state index contributed by atoms with van der Waals surface area (Å²) in [6.07, 6.45) is 2.60. The minimum atomic E-state index is -0.736. The van der Waals surface area contributed by atoms with Crippen LogP contribution in [0.4, 0.5) is 0 Å². The molecule has 14 heavy (non-hydrogen) atoms. The van der Waals surface area contributed by atoms with Gasteiger partial charge in [-0.05, 0) is 26.3 Å². The summed E-state index contributed by atoms with van der Waals surface area (Å²) in [5.74, 6) is -0.736. The molecule has 1 fully saturated rings. The Morgan fingerprint density at radius 2 is 2.43 bits per heavy atom. The first-order chi connectivity index (χ1) is 6.57. The monoisotopic (exact) mass is 200 g/mol. The van der Waals surface area contributed by atoms with E-state index in [0.717, 1.165) is 25.9 Å². The number of carboxylic acid groups (broad SMARTS) is 1. The van der Waals surface area contributed by atoms with Gasteiger partial charge < -0.3 is 10.4 Å². The number of nitrogens with one attached hydrogen (secondary N) is 2. The molecule has 0 saturated carbocycles. The lowest BCUT2D eigenvalue weighted by molar-refractivity contribution is -0.140. The van der Waals surface area contributed by atoms with E-state index in [-0.39, 0.29) is 5.54 Å². The van der Waals surface area contributed by atoms with E-state index in [0.29, 0.717) is 6.42 Å². The lowest BCUT2D eigenvalue weighted by Gasteiger charge is -2.28. The van der Waals surface area contributed by atoms with Crippen molar-refractivity contribution in [1.29, 1.82) is 0 Å². The second kappa shape index (κ2) is 4.75. The molecule has 0 aliphatic carbocycles. The summed E-state index contributed by atoms with van der Waals surface area (Å²) in [5.41, 5.74) is -0.0434. The number of aliphatic carboxylic acids is 1. The first-order valence-corrected chi connectivity index (χ1v) is 5.28. The van der Waals surface area contributed by atoms with Gasteiger partial charge in [-0.2, -0.15) is 0 Å². The van der Waals surface area contributed by atoms with Crippen LogP contribution in [0.15, 0.2) is 0 Å². The summed E-state index contributed by atoms with van der Waals surface area (Å²) in [6.45, 7) is 5.92. The van der Waals surface area contributed by atoms with Crippen molar-refractivity contribution in [3.05, 3.63) is 0 Å². The van der Waals surface area contributed by atoms with E-state index in [9.17, 15) is 4.79 Å². The maximum absolute atomic E-state index is 10.9. The van der Waals surface area contributed by atoms with Gasteiger partial charge in [0.25, 0.3) is 0 Å². The average molecular weight is 200 g/mol. The maximum atomic E-state index is 10.9. The normalized spacial score (nSPS) is 29.0. The van der Waals surface area contributed by atoms with Gasteiger partial charge in [-0.3, -0.25) is 10.1 Å². The maximum Gasteiger partial charge on any atom is 0.320 e. The topological polar surface area (TPSA) is 61.4 Å². The number of hydrogen-bond donors (Lipinski definition) is 3. The predicted octanol–water partition coefficient (Wildman–Crippen LogP) is 0.581. The second-order valence-corrected chi connectivity index (χ2v) is 4.31. The Labute approximate surface area is 85.1 Å². The molecule has 2 atom stereocenters. The van der Waals surface area contributed by atoms with Crippen molar-refractivity contribution in [1.82, 2.24) is 10.6 Å². The lowest BCUT2D eigenvalue weighted by Crippen LogP contribution is -2.52. The minimum Gasteiger partial charge on any atom is -0.480 e. The fourth-order valence-electron chi connectivity index (χ4n) is 1.91. The van der Waals surface area contributed by atoms with Gasteiger partial charge in [-0.1, -0.05) is 13.3 Å². The fourth-order valence-corrected chi connectivity index (χ4v) is 1.91. The van der Waals surface area contributed by atoms with E-state index in [2.05, 4.69) is 17.6 Å². The van der Waals surface area contributed by atoms with Gasteiger partial charge in [0, 0.05) is 12.1 Å². The molecular formula is C10H20N2O2. The van der Waals surface area contributed by atoms with Gasteiger partial charge in [-0.15, -0.1) is 0 Å². The molecule has 4 nitrogen and oxygen atoms in total. The fraction of sp³-hybridized carbons (Fsp3) is 0.900. The van der Waals surface area contributed by atoms with Crippen LogP contribution in [-0.4, -0.2) is 35.7 Å². The van der Waals surface area contributed by atoms with Gasteiger partial charge in [0.2, 0.25) is 0 Å². The molecular weight excluding hydrogens is 180 g/mol. The van der Waals surface area contributed by atoms with Crippen molar-refractivity contribution in [2.24, 2.45) is 0 Å². The zero-order valence-electron chi connectivity index (χ0n) is 8.97. The van der Waals surface area contributed by atoms with Crippen LogP contribution in [0, 0.1) is 0 Å². The van der Waals surface area contributed by atoms with Crippen LogP contribution in [0.2, 0.25) is 0 Å². The van der Waals surface area contributed by atoms with Crippen molar-refractivity contribution >= 4 is 5.97 Å². The summed E-state index contributed by atoms with van der Waals surface area (Å²) in [4.78, 5) is 10.9. The molecule has 1 saturated heterocycles. The number of hydrogen-bond acceptors (Lipinski definition) is 3. The molecule has 3 N–H and O–H groups in total. The van der Waals surface area contributed by atoms with E-state index in [1.165, 1.54) is 0 Å². The largest absolute Gasteiger partial charge is 0.480 e. The van der Waals surface area contributed by atoms with Crippen LogP contribution < -0.4 is 10.6 Å². The Kier molecular flexibility index (Phi) is 3.89. The van der Waals surface area contributed by atoms with Crippen molar-refractivity contribution in [3.63, 3.8) is 0 Å². The molecule has 4 heteroatoms. The molecule has 1 rings (SSSR count). The molecule has 2 unspecified atom stereocenters. The Bertz CT molecular complexity index is 200. The SMILES string of the molecule is CCCC(NC1(C)CCNC1)C(=O)O. The molecule has 0 spiro atoms. The Balaban J connectivity index is 2.49. The van der Waals surface area contributed by atoms with Gasteiger partial charge in [-0.25, -0.2) is 0 Å². The van der Waals surface area contributed by atoms with Crippen molar-refractivity contribution in [3.8, 4) is 0 Å². The smallest absolute Gasteiger partial charge is 0.320 e. The van der Waals surface area contributed by atoms with Crippen LogP contribution >= 0.6 is 0 Å². The third-order valence-corrected chi connectivity index (χ3v) is 2.77. The van der Waals surface area contributed by atoms with Crippen molar-refractivity contribution in [2.75, 3.05) is 13.1 Å². The highest BCUT2D eigenvalue weighted by molar-refractivity contribution is 5.73.